The van der Waals surface area contributed by atoms with Gasteiger partial charge in [-0.25, -0.2) is 15.2 Å². The molecule has 144 valence electrons. The predicted octanol–water partition coefficient (Wildman–Crippen LogP) is 2.76. The van der Waals surface area contributed by atoms with Crippen LogP contribution in [-0.4, -0.2) is 28.7 Å². The van der Waals surface area contributed by atoms with Gasteiger partial charge in [0.25, 0.3) is 5.91 Å². The first-order valence-electron chi connectivity index (χ1n) is 8.53. The Kier molecular flexibility index (Phi) is 5.91. The second-order valence-corrected chi connectivity index (χ2v) is 5.95. The van der Waals surface area contributed by atoms with E-state index in [9.17, 15) is 9.59 Å². The average Bonchev–Trinajstić information content (AvgIpc) is 3.16. The topological polar surface area (TPSA) is 94.5 Å². The number of imidazole rings is 1. The summed E-state index contributed by atoms with van der Waals surface area (Å²) in [5.41, 5.74) is 7.31. The van der Waals surface area contributed by atoms with Crippen LogP contribution in [-0.2, 0) is 11.3 Å². The zero-order valence-corrected chi connectivity index (χ0v) is 15.5. The van der Waals surface area contributed by atoms with Gasteiger partial charge in [-0.05, 0) is 30.7 Å². The molecule has 3 aromatic rings. The fourth-order valence-corrected chi connectivity index (χ4v) is 2.52. The summed E-state index contributed by atoms with van der Waals surface area (Å²) in [6.45, 7) is 1.99. The van der Waals surface area contributed by atoms with Crippen LogP contribution in [0.4, 0.5) is 4.79 Å². The summed E-state index contributed by atoms with van der Waals surface area (Å²) in [4.78, 5) is 28.2. The van der Waals surface area contributed by atoms with Crippen LogP contribution >= 0.6 is 0 Å². The molecule has 2 N–H and O–H groups in total. The quantitative estimate of drug-likeness (QED) is 0.664. The molecule has 8 nitrogen and oxygen atoms in total. The maximum atomic E-state index is 12.3. The number of hydrogen-bond acceptors (Lipinski definition) is 5. The highest BCUT2D eigenvalue weighted by molar-refractivity contribution is 5.95. The smallest absolute Gasteiger partial charge is 0.426 e. The third kappa shape index (κ3) is 4.67. The number of carbonyl (C=O) groups excluding carboxylic acids is 2. The van der Waals surface area contributed by atoms with Crippen molar-refractivity contribution in [3.8, 4) is 11.4 Å². The molecule has 0 radical (unpaired) electrons. The van der Waals surface area contributed by atoms with Crippen molar-refractivity contribution in [2.75, 3.05) is 7.11 Å². The highest BCUT2D eigenvalue weighted by Crippen LogP contribution is 2.24. The number of aryl methyl sites for hydroxylation is 1. The summed E-state index contributed by atoms with van der Waals surface area (Å²) < 4.78 is 12.2. The van der Waals surface area contributed by atoms with Gasteiger partial charge < -0.3 is 14.0 Å². The highest BCUT2D eigenvalue weighted by atomic mass is 16.6. The van der Waals surface area contributed by atoms with Gasteiger partial charge in [0.05, 0.1) is 24.8 Å². The van der Waals surface area contributed by atoms with Crippen molar-refractivity contribution in [1.82, 2.24) is 20.4 Å². The van der Waals surface area contributed by atoms with Gasteiger partial charge in [-0.2, -0.15) is 0 Å². The van der Waals surface area contributed by atoms with Gasteiger partial charge in [-0.15, -0.1) is 0 Å². The van der Waals surface area contributed by atoms with Crippen molar-refractivity contribution in [2.24, 2.45) is 0 Å². The molecule has 0 spiro atoms. The molecule has 0 unspecified atom stereocenters. The Morgan fingerprint density at radius 1 is 1.11 bits per heavy atom. The van der Waals surface area contributed by atoms with Crippen LogP contribution in [0.1, 0.15) is 21.6 Å². The van der Waals surface area contributed by atoms with E-state index in [1.165, 1.54) is 7.11 Å². The fourth-order valence-electron chi connectivity index (χ4n) is 2.52. The number of benzene rings is 2. The third-order valence-corrected chi connectivity index (χ3v) is 3.92. The van der Waals surface area contributed by atoms with E-state index in [1.807, 2.05) is 43.5 Å². The summed E-state index contributed by atoms with van der Waals surface area (Å²) in [6.07, 6.45) is 2.76. The summed E-state index contributed by atoms with van der Waals surface area (Å²) in [6, 6.07) is 14.2. The average molecular weight is 380 g/mol. The van der Waals surface area contributed by atoms with Crippen LogP contribution in [0.15, 0.2) is 61.1 Å². The first-order valence-corrected chi connectivity index (χ1v) is 8.53. The molecule has 0 saturated carbocycles. The van der Waals surface area contributed by atoms with Gasteiger partial charge in [-0.3, -0.25) is 10.2 Å². The maximum absolute atomic E-state index is 12.3. The molecule has 2 aromatic carbocycles. The molecule has 0 aliphatic heterocycles. The third-order valence-electron chi connectivity index (χ3n) is 3.92. The van der Waals surface area contributed by atoms with E-state index in [0.717, 1.165) is 16.9 Å². The number of amides is 2. The number of carbonyl (C=O) groups is 2. The van der Waals surface area contributed by atoms with Crippen LogP contribution < -0.4 is 15.6 Å². The van der Waals surface area contributed by atoms with Crippen LogP contribution in [0.25, 0.3) is 5.69 Å². The normalized spacial score (nSPS) is 10.2. The van der Waals surface area contributed by atoms with Crippen molar-refractivity contribution in [2.45, 2.75) is 13.5 Å². The standard InChI is InChI=1S/C20H20N4O4/c1-14-11-24(13-21-14)17-9-8-16(10-18(17)27-2)19(25)22-23-20(26)28-12-15-6-4-3-5-7-15/h3-11,13H,12H2,1-2H3,(H,22,25)(H,23,26). The zero-order chi connectivity index (χ0) is 19.9. The van der Waals surface area contributed by atoms with Crippen molar-refractivity contribution >= 4 is 12.0 Å². The van der Waals surface area contributed by atoms with Crippen molar-refractivity contribution < 1.29 is 19.1 Å². The molecule has 0 aliphatic carbocycles. The highest BCUT2D eigenvalue weighted by Gasteiger charge is 2.13. The van der Waals surface area contributed by atoms with Gasteiger partial charge in [-0.1, -0.05) is 30.3 Å². The largest absolute Gasteiger partial charge is 0.495 e. The number of methoxy groups -OCH3 is 1. The first kappa shape index (κ1) is 19.0. The molecule has 2 amide bonds. The lowest BCUT2D eigenvalue weighted by Crippen LogP contribution is -2.41. The van der Waals surface area contributed by atoms with Gasteiger partial charge in [0.2, 0.25) is 0 Å². The van der Waals surface area contributed by atoms with Gasteiger partial charge in [0.15, 0.2) is 0 Å². The molecule has 3 rings (SSSR count). The molecule has 0 fully saturated rings. The summed E-state index contributed by atoms with van der Waals surface area (Å²) in [7, 11) is 1.52. The molecule has 8 heteroatoms. The number of nitrogens with zero attached hydrogens (tertiary/aromatic N) is 2. The van der Waals surface area contributed by atoms with E-state index in [2.05, 4.69) is 15.8 Å². The van der Waals surface area contributed by atoms with Crippen molar-refractivity contribution in [1.29, 1.82) is 0 Å². The monoisotopic (exact) mass is 380 g/mol. The molecular formula is C20H20N4O4. The second-order valence-electron chi connectivity index (χ2n) is 5.95. The Labute approximate surface area is 162 Å². The van der Waals surface area contributed by atoms with Crippen LogP contribution in [0.2, 0.25) is 0 Å². The Balaban J connectivity index is 1.58. The predicted molar refractivity (Wildman–Crippen MR) is 102 cm³/mol. The molecule has 0 aliphatic rings. The van der Waals surface area contributed by atoms with Crippen molar-refractivity contribution in [3.63, 3.8) is 0 Å². The van der Waals surface area contributed by atoms with E-state index in [1.54, 1.807) is 29.1 Å². The summed E-state index contributed by atoms with van der Waals surface area (Å²) in [5, 5.41) is 0. The molecule has 0 saturated heterocycles. The zero-order valence-electron chi connectivity index (χ0n) is 15.5. The lowest BCUT2D eigenvalue weighted by molar-refractivity contribution is 0.0904. The minimum Gasteiger partial charge on any atom is -0.495 e. The molecule has 1 aromatic heterocycles. The maximum Gasteiger partial charge on any atom is 0.426 e. The van der Waals surface area contributed by atoms with Crippen LogP contribution in [0.3, 0.4) is 0 Å². The number of rotatable bonds is 5. The molecule has 1 heterocycles. The van der Waals surface area contributed by atoms with E-state index >= 15 is 0 Å². The first-order chi connectivity index (χ1) is 13.6. The van der Waals surface area contributed by atoms with Crippen LogP contribution in [0.5, 0.6) is 5.75 Å². The number of hydrazine groups is 1. The summed E-state index contributed by atoms with van der Waals surface area (Å²) >= 11 is 0. The molecule has 0 atom stereocenters. The Hall–Kier alpha value is -3.81. The Morgan fingerprint density at radius 3 is 2.57 bits per heavy atom. The molecular weight excluding hydrogens is 360 g/mol. The van der Waals surface area contributed by atoms with Gasteiger partial charge >= 0.3 is 6.09 Å². The number of ether oxygens (including phenoxy) is 2. The number of nitrogens with one attached hydrogen (secondary N) is 2. The number of hydrogen-bond donors (Lipinski definition) is 2. The van der Waals surface area contributed by atoms with Gasteiger partial charge in [0, 0.05) is 11.8 Å². The number of aromatic nitrogens is 2. The Morgan fingerprint density at radius 2 is 1.89 bits per heavy atom. The lowest BCUT2D eigenvalue weighted by Gasteiger charge is -2.12. The summed E-state index contributed by atoms with van der Waals surface area (Å²) in [5.74, 6) is 0.0000249. The minimum absolute atomic E-state index is 0.107. The Bertz CT molecular complexity index is 969. The van der Waals surface area contributed by atoms with E-state index < -0.39 is 12.0 Å². The van der Waals surface area contributed by atoms with E-state index in [4.69, 9.17) is 9.47 Å². The molecule has 28 heavy (non-hydrogen) atoms. The second kappa shape index (κ2) is 8.72. The SMILES string of the molecule is COc1cc(C(=O)NNC(=O)OCc2ccccc2)ccc1-n1cnc(C)c1. The van der Waals surface area contributed by atoms with Crippen LogP contribution in [0, 0.1) is 6.92 Å². The van der Waals surface area contributed by atoms with Crippen molar-refractivity contribution in [3.05, 3.63) is 77.9 Å². The minimum atomic E-state index is -0.755. The van der Waals surface area contributed by atoms with E-state index in [0.29, 0.717) is 11.3 Å². The van der Waals surface area contributed by atoms with E-state index in [-0.39, 0.29) is 6.61 Å². The van der Waals surface area contributed by atoms with Gasteiger partial charge in [0.1, 0.15) is 12.4 Å². The lowest BCUT2D eigenvalue weighted by atomic mass is 10.1. The molecule has 0 bridgehead atoms. The fraction of sp³-hybridized carbons (Fsp3) is 0.150.